The van der Waals surface area contributed by atoms with Crippen molar-refractivity contribution in [3.05, 3.63) is 70.7 Å². The summed E-state index contributed by atoms with van der Waals surface area (Å²) in [6.07, 6.45) is 1.53. The van der Waals surface area contributed by atoms with E-state index in [-0.39, 0.29) is 22.8 Å². The zero-order valence-electron chi connectivity index (χ0n) is 18.0. The lowest BCUT2D eigenvalue weighted by Gasteiger charge is -2.23. The molecule has 33 heavy (non-hydrogen) atoms. The van der Waals surface area contributed by atoms with E-state index < -0.39 is 17.7 Å². The van der Waals surface area contributed by atoms with E-state index in [0.717, 1.165) is 0 Å². The molecule has 9 heteroatoms. The van der Waals surface area contributed by atoms with Gasteiger partial charge in [0.15, 0.2) is 16.6 Å². The van der Waals surface area contributed by atoms with Crippen LogP contribution in [0.3, 0.4) is 0 Å². The number of hydrogen-bond acceptors (Lipinski definition) is 8. The van der Waals surface area contributed by atoms with Crippen LogP contribution < -0.4 is 14.4 Å². The molecule has 1 atom stereocenters. The monoisotopic (exact) mass is 466 g/mol. The van der Waals surface area contributed by atoms with Crippen LogP contribution >= 0.6 is 11.3 Å². The summed E-state index contributed by atoms with van der Waals surface area (Å²) in [5.41, 5.74) is 0.773. The summed E-state index contributed by atoms with van der Waals surface area (Å²) in [5.74, 6) is -1.18. The highest BCUT2D eigenvalue weighted by molar-refractivity contribution is 7.14. The number of thiazole rings is 1. The molecule has 4 rings (SSSR count). The molecule has 170 valence electrons. The first-order valence-corrected chi connectivity index (χ1v) is 11.2. The number of ether oxygens (including phenoxy) is 2. The van der Waals surface area contributed by atoms with E-state index in [2.05, 4.69) is 4.98 Å². The van der Waals surface area contributed by atoms with E-state index >= 15 is 0 Å². The Morgan fingerprint density at radius 3 is 2.45 bits per heavy atom. The van der Waals surface area contributed by atoms with Crippen molar-refractivity contribution < 1.29 is 29.3 Å². The number of phenols is 1. The lowest BCUT2D eigenvalue weighted by molar-refractivity contribution is -0.132. The van der Waals surface area contributed by atoms with Crippen LogP contribution in [0.1, 0.15) is 31.0 Å². The predicted molar refractivity (Wildman–Crippen MR) is 124 cm³/mol. The summed E-state index contributed by atoms with van der Waals surface area (Å²) in [5, 5.41) is 23.3. The highest BCUT2D eigenvalue weighted by Gasteiger charge is 2.48. The fourth-order valence-corrected chi connectivity index (χ4v) is 4.35. The van der Waals surface area contributed by atoms with Crippen LogP contribution in [0.15, 0.2) is 59.6 Å². The molecule has 2 heterocycles. The molecule has 3 aromatic rings. The van der Waals surface area contributed by atoms with Crippen molar-refractivity contribution in [3.8, 4) is 17.2 Å². The Bertz CT molecular complexity index is 1200. The third-order valence-corrected chi connectivity index (χ3v) is 5.88. The molecule has 2 aromatic carbocycles. The van der Waals surface area contributed by atoms with Gasteiger partial charge in [0.05, 0.1) is 24.8 Å². The molecule has 2 N–H and O–H groups in total. The molecule has 1 aliphatic heterocycles. The van der Waals surface area contributed by atoms with Crippen molar-refractivity contribution in [1.82, 2.24) is 4.98 Å². The highest BCUT2D eigenvalue weighted by Crippen LogP contribution is 2.44. The summed E-state index contributed by atoms with van der Waals surface area (Å²) in [7, 11) is 0. The maximum Gasteiger partial charge on any atom is 0.301 e. The Balaban J connectivity index is 1.89. The minimum atomic E-state index is -0.956. The lowest BCUT2D eigenvalue weighted by Crippen LogP contribution is -2.29. The van der Waals surface area contributed by atoms with Crippen LogP contribution in [0.2, 0.25) is 0 Å². The fraction of sp³-hybridized carbons (Fsp3) is 0.208. The second-order valence-electron chi connectivity index (χ2n) is 7.10. The molecule has 0 unspecified atom stereocenters. The third-order valence-electron chi connectivity index (χ3n) is 5.11. The number of rotatable bonds is 7. The van der Waals surface area contributed by atoms with Gasteiger partial charge in [0.25, 0.3) is 5.78 Å². The van der Waals surface area contributed by atoms with Crippen molar-refractivity contribution >= 4 is 33.9 Å². The minimum Gasteiger partial charge on any atom is -0.507 e. The topological polar surface area (TPSA) is 109 Å². The first kappa shape index (κ1) is 22.3. The van der Waals surface area contributed by atoms with Gasteiger partial charge in [-0.25, -0.2) is 4.98 Å². The number of benzene rings is 2. The summed E-state index contributed by atoms with van der Waals surface area (Å²) in [4.78, 5) is 31.6. The van der Waals surface area contributed by atoms with Crippen molar-refractivity contribution in [1.29, 1.82) is 0 Å². The van der Waals surface area contributed by atoms with E-state index in [1.54, 1.807) is 48.7 Å². The molecule has 1 aromatic heterocycles. The van der Waals surface area contributed by atoms with Crippen molar-refractivity contribution in [2.45, 2.75) is 19.9 Å². The average Bonchev–Trinajstić information content (AvgIpc) is 3.43. The van der Waals surface area contributed by atoms with E-state index in [9.17, 15) is 19.8 Å². The summed E-state index contributed by atoms with van der Waals surface area (Å²) >= 11 is 1.20. The van der Waals surface area contributed by atoms with Gasteiger partial charge in [-0.15, -0.1) is 11.3 Å². The van der Waals surface area contributed by atoms with Crippen LogP contribution in [0.5, 0.6) is 17.2 Å². The summed E-state index contributed by atoms with van der Waals surface area (Å²) in [6, 6.07) is 10.2. The van der Waals surface area contributed by atoms with Gasteiger partial charge in [-0.3, -0.25) is 14.5 Å². The first-order chi connectivity index (χ1) is 16.0. The quantitative estimate of drug-likeness (QED) is 0.304. The largest absolute Gasteiger partial charge is 0.507 e. The fourth-order valence-electron chi connectivity index (χ4n) is 3.68. The Morgan fingerprint density at radius 1 is 1.09 bits per heavy atom. The van der Waals surface area contributed by atoms with E-state index in [0.29, 0.717) is 35.2 Å². The number of Topliss-reactive ketones (excluding diaryl/α,β-unsaturated/α-hetero) is 1. The first-order valence-electron chi connectivity index (χ1n) is 10.4. The molecular formula is C24H22N2O6S. The molecule has 0 bridgehead atoms. The van der Waals surface area contributed by atoms with Crippen LogP contribution in [0, 0.1) is 0 Å². The number of phenolic OH excluding ortho intramolecular Hbond substituents is 1. The number of ketones is 1. The number of amides is 1. The van der Waals surface area contributed by atoms with Gasteiger partial charge in [0, 0.05) is 17.1 Å². The molecule has 0 saturated carbocycles. The predicted octanol–water partition coefficient (Wildman–Crippen LogP) is 4.27. The second-order valence-corrected chi connectivity index (χ2v) is 7.97. The maximum absolute atomic E-state index is 13.1. The highest BCUT2D eigenvalue weighted by atomic mass is 32.1. The van der Waals surface area contributed by atoms with Crippen LogP contribution in [0.25, 0.3) is 5.76 Å². The number of hydrogen-bond donors (Lipinski definition) is 2. The molecule has 0 radical (unpaired) electrons. The number of aliphatic hydroxyl groups is 1. The zero-order valence-corrected chi connectivity index (χ0v) is 18.8. The molecule has 1 saturated heterocycles. The van der Waals surface area contributed by atoms with Crippen LogP contribution in [0.4, 0.5) is 5.13 Å². The average molecular weight is 467 g/mol. The SMILES string of the molecule is CCOc1ccc(C(O)=C2C(=O)C(=O)N(c3nccs3)[C@@H]2c2ccc(O)c(OCC)c2)cc1. The van der Waals surface area contributed by atoms with Crippen molar-refractivity contribution in [3.63, 3.8) is 0 Å². The molecule has 8 nitrogen and oxygen atoms in total. The number of aliphatic hydroxyl groups excluding tert-OH is 1. The van der Waals surface area contributed by atoms with Gasteiger partial charge in [-0.05, 0) is 55.8 Å². The lowest BCUT2D eigenvalue weighted by atomic mass is 9.95. The maximum atomic E-state index is 13.1. The number of carbonyl (C=O) groups is 2. The van der Waals surface area contributed by atoms with Gasteiger partial charge in [-0.1, -0.05) is 6.07 Å². The van der Waals surface area contributed by atoms with Crippen LogP contribution in [-0.2, 0) is 9.59 Å². The van der Waals surface area contributed by atoms with Gasteiger partial charge >= 0.3 is 5.91 Å². The van der Waals surface area contributed by atoms with Gasteiger partial charge in [0.2, 0.25) is 0 Å². The molecular weight excluding hydrogens is 444 g/mol. The zero-order chi connectivity index (χ0) is 23.5. The van der Waals surface area contributed by atoms with Crippen molar-refractivity contribution in [2.24, 2.45) is 0 Å². The molecule has 1 amide bonds. The number of aromatic nitrogens is 1. The van der Waals surface area contributed by atoms with E-state index in [1.165, 1.54) is 28.5 Å². The number of nitrogens with zero attached hydrogens (tertiary/aromatic N) is 2. The van der Waals surface area contributed by atoms with Gasteiger partial charge < -0.3 is 19.7 Å². The third kappa shape index (κ3) is 4.14. The Kier molecular flexibility index (Phi) is 6.32. The normalized spacial score (nSPS) is 17.4. The smallest absolute Gasteiger partial charge is 0.301 e. The standard InChI is InChI=1S/C24H22N2O6S/c1-3-31-16-8-5-14(6-9-16)21(28)19-20(15-7-10-17(27)18(13-15)32-4-2)26(23(30)22(19)29)24-25-11-12-33-24/h5-13,20,27-28H,3-4H2,1-2H3/t20-/m1/s1. The minimum absolute atomic E-state index is 0.0710. The second kappa shape index (κ2) is 9.33. The van der Waals surface area contributed by atoms with Gasteiger partial charge in [-0.2, -0.15) is 0 Å². The molecule has 0 spiro atoms. The van der Waals surface area contributed by atoms with Crippen LogP contribution in [-0.4, -0.2) is 40.1 Å². The number of aromatic hydroxyl groups is 1. The Morgan fingerprint density at radius 2 is 1.82 bits per heavy atom. The number of anilines is 1. The van der Waals surface area contributed by atoms with Crippen molar-refractivity contribution in [2.75, 3.05) is 18.1 Å². The summed E-state index contributed by atoms with van der Waals surface area (Å²) < 4.78 is 10.9. The number of carbonyl (C=O) groups excluding carboxylic acids is 2. The van der Waals surface area contributed by atoms with E-state index in [4.69, 9.17) is 9.47 Å². The Hall–Kier alpha value is -3.85. The Labute approximate surface area is 194 Å². The van der Waals surface area contributed by atoms with Gasteiger partial charge in [0.1, 0.15) is 11.5 Å². The summed E-state index contributed by atoms with van der Waals surface area (Å²) in [6.45, 7) is 4.45. The molecule has 0 aliphatic carbocycles. The molecule has 1 fully saturated rings. The molecule has 1 aliphatic rings. The van der Waals surface area contributed by atoms with E-state index in [1.807, 2.05) is 6.92 Å².